The fraction of sp³-hybridized carbons (Fsp3) is 1.00. The van der Waals surface area contributed by atoms with E-state index in [2.05, 4.69) is 0 Å². The van der Waals surface area contributed by atoms with Crippen molar-refractivity contribution in [2.75, 3.05) is 0 Å². The number of fused-ring (bicyclic) bond motifs is 1. The molecule has 3 N–H and O–H groups in total. The normalized spacial score (nSPS) is 56.7. The number of aliphatic hydroxyl groups excluding tert-OH is 1. The Kier molecular flexibility index (Phi) is 1.08. The van der Waals surface area contributed by atoms with Crippen LogP contribution in [-0.2, 0) is 0 Å². The van der Waals surface area contributed by atoms with Gasteiger partial charge in [-0.05, 0) is 31.1 Å². The highest BCUT2D eigenvalue weighted by molar-refractivity contribution is 4.99. The van der Waals surface area contributed by atoms with Crippen molar-refractivity contribution in [3.63, 3.8) is 0 Å². The van der Waals surface area contributed by atoms with Crippen molar-refractivity contribution in [1.29, 1.82) is 0 Å². The molecule has 0 aromatic carbocycles. The molecule has 52 valence electrons. The Morgan fingerprint density at radius 2 is 2.11 bits per heavy atom. The molecule has 2 rings (SSSR count). The monoisotopic (exact) mass is 127 g/mol. The molecule has 0 heterocycles. The average molecular weight is 127 g/mol. The maximum atomic E-state index is 9.36. The third kappa shape index (κ3) is 0.775. The maximum Gasteiger partial charge on any atom is 0.0721 e. The number of hydrogen-bond acceptors (Lipinski definition) is 2. The van der Waals surface area contributed by atoms with E-state index in [-0.39, 0.29) is 12.1 Å². The summed E-state index contributed by atoms with van der Waals surface area (Å²) in [5, 5.41) is 9.36. The molecule has 0 aliphatic heterocycles. The van der Waals surface area contributed by atoms with E-state index < -0.39 is 0 Å². The Bertz CT molecular complexity index is 124. The van der Waals surface area contributed by atoms with Gasteiger partial charge in [-0.25, -0.2) is 0 Å². The molecule has 0 bridgehead atoms. The van der Waals surface area contributed by atoms with Gasteiger partial charge in [0, 0.05) is 6.04 Å². The number of rotatable bonds is 0. The lowest BCUT2D eigenvalue weighted by atomic mass is 9.93. The van der Waals surface area contributed by atoms with Crippen molar-refractivity contribution in [3.05, 3.63) is 0 Å². The topological polar surface area (TPSA) is 46.2 Å². The van der Waals surface area contributed by atoms with Gasteiger partial charge in [-0.1, -0.05) is 0 Å². The van der Waals surface area contributed by atoms with Crippen LogP contribution in [0, 0.1) is 11.8 Å². The molecule has 4 atom stereocenters. The van der Waals surface area contributed by atoms with Gasteiger partial charge in [0.25, 0.3) is 0 Å². The van der Waals surface area contributed by atoms with Crippen molar-refractivity contribution >= 4 is 0 Å². The van der Waals surface area contributed by atoms with Gasteiger partial charge in [0.15, 0.2) is 0 Å². The minimum absolute atomic E-state index is 0.0775. The summed E-state index contributed by atoms with van der Waals surface area (Å²) in [6.45, 7) is 0. The first-order valence-electron chi connectivity index (χ1n) is 3.72. The zero-order chi connectivity index (χ0) is 6.43. The Hall–Kier alpha value is -0.0800. The molecule has 0 aromatic heterocycles. The molecule has 2 heteroatoms. The second kappa shape index (κ2) is 1.70. The number of aliphatic hydroxyl groups is 1. The van der Waals surface area contributed by atoms with E-state index >= 15 is 0 Å². The minimum Gasteiger partial charge on any atom is -0.391 e. The zero-order valence-corrected chi connectivity index (χ0v) is 5.46. The lowest BCUT2D eigenvalue weighted by molar-refractivity contribution is 0.0947. The predicted molar refractivity (Wildman–Crippen MR) is 34.8 cm³/mol. The summed E-state index contributed by atoms with van der Waals surface area (Å²) in [5.41, 5.74) is 5.65. The van der Waals surface area contributed by atoms with Crippen molar-refractivity contribution < 1.29 is 5.11 Å². The molecule has 2 aliphatic rings. The van der Waals surface area contributed by atoms with E-state index in [1.807, 2.05) is 0 Å². The van der Waals surface area contributed by atoms with Crippen molar-refractivity contribution in [3.8, 4) is 0 Å². The minimum atomic E-state index is -0.177. The molecule has 2 fully saturated rings. The third-order valence-corrected chi connectivity index (χ3v) is 2.73. The van der Waals surface area contributed by atoms with Gasteiger partial charge in [-0.2, -0.15) is 0 Å². The van der Waals surface area contributed by atoms with Gasteiger partial charge < -0.3 is 10.8 Å². The van der Waals surface area contributed by atoms with Crippen LogP contribution in [0.4, 0.5) is 0 Å². The lowest BCUT2D eigenvalue weighted by Gasteiger charge is -2.22. The lowest BCUT2D eigenvalue weighted by Crippen LogP contribution is -2.39. The molecule has 2 aliphatic carbocycles. The van der Waals surface area contributed by atoms with E-state index in [9.17, 15) is 5.11 Å². The highest BCUT2D eigenvalue weighted by Crippen LogP contribution is 2.48. The zero-order valence-electron chi connectivity index (χ0n) is 5.46. The summed E-state index contributed by atoms with van der Waals surface area (Å²) in [6.07, 6.45) is 3.34. The molecule has 9 heavy (non-hydrogen) atoms. The third-order valence-electron chi connectivity index (χ3n) is 2.73. The van der Waals surface area contributed by atoms with Crippen LogP contribution < -0.4 is 5.73 Å². The fourth-order valence-electron chi connectivity index (χ4n) is 1.92. The second-order valence-corrected chi connectivity index (χ2v) is 3.39. The first-order chi connectivity index (χ1) is 4.29. The first kappa shape index (κ1) is 5.69. The van der Waals surface area contributed by atoms with Crippen LogP contribution in [0.15, 0.2) is 0 Å². The van der Waals surface area contributed by atoms with E-state index in [0.717, 1.165) is 12.3 Å². The molecule has 4 unspecified atom stereocenters. The van der Waals surface area contributed by atoms with Crippen LogP contribution in [0.25, 0.3) is 0 Å². The average Bonchev–Trinajstić information content (AvgIpc) is 2.58. The molecule has 0 amide bonds. The molecule has 0 saturated heterocycles. The van der Waals surface area contributed by atoms with Gasteiger partial charge in [0.2, 0.25) is 0 Å². The van der Waals surface area contributed by atoms with Crippen molar-refractivity contribution in [2.24, 2.45) is 17.6 Å². The Labute approximate surface area is 55.1 Å². The molecular formula is C7H13NO. The summed E-state index contributed by atoms with van der Waals surface area (Å²) < 4.78 is 0. The van der Waals surface area contributed by atoms with Gasteiger partial charge in [0.05, 0.1) is 6.10 Å². The largest absolute Gasteiger partial charge is 0.391 e. The van der Waals surface area contributed by atoms with Crippen LogP contribution in [0.5, 0.6) is 0 Å². The smallest absolute Gasteiger partial charge is 0.0721 e. The van der Waals surface area contributed by atoms with Crippen LogP contribution in [0.2, 0.25) is 0 Å². The van der Waals surface area contributed by atoms with Gasteiger partial charge in [-0.3, -0.25) is 0 Å². The standard InChI is InChI=1S/C7H13NO/c8-6-2-1-4-3-5(4)7(6)9/h4-7,9H,1-3,8H2. The van der Waals surface area contributed by atoms with Crippen LogP contribution in [-0.4, -0.2) is 17.3 Å². The van der Waals surface area contributed by atoms with E-state index in [1.165, 1.54) is 12.8 Å². The number of nitrogens with two attached hydrogens (primary N) is 1. The summed E-state index contributed by atoms with van der Waals surface area (Å²) >= 11 is 0. The number of hydrogen-bond donors (Lipinski definition) is 2. The van der Waals surface area contributed by atoms with E-state index in [0.29, 0.717) is 5.92 Å². The molecule has 0 radical (unpaired) electrons. The van der Waals surface area contributed by atoms with E-state index in [4.69, 9.17) is 5.73 Å². The summed E-state index contributed by atoms with van der Waals surface area (Å²) in [4.78, 5) is 0. The second-order valence-electron chi connectivity index (χ2n) is 3.39. The SMILES string of the molecule is NC1CCC2CC2C1O. The summed E-state index contributed by atoms with van der Waals surface area (Å²) in [7, 11) is 0. The first-order valence-corrected chi connectivity index (χ1v) is 3.72. The molecular weight excluding hydrogens is 114 g/mol. The van der Waals surface area contributed by atoms with Gasteiger partial charge in [-0.15, -0.1) is 0 Å². The summed E-state index contributed by atoms with van der Waals surface area (Å²) in [6, 6.07) is 0.0775. The van der Waals surface area contributed by atoms with Crippen molar-refractivity contribution in [1.82, 2.24) is 0 Å². The molecule has 2 saturated carbocycles. The van der Waals surface area contributed by atoms with E-state index in [1.54, 1.807) is 0 Å². The van der Waals surface area contributed by atoms with Crippen LogP contribution >= 0.6 is 0 Å². The molecule has 2 nitrogen and oxygen atoms in total. The van der Waals surface area contributed by atoms with Crippen LogP contribution in [0.3, 0.4) is 0 Å². The maximum absolute atomic E-state index is 9.36. The quantitative estimate of drug-likeness (QED) is 0.485. The van der Waals surface area contributed by atoms with Crippen LogP contribution in [0.1, 0.15) is 19.3 Å². The highest BCUT2D eigenvalue weighted by Gasteiger charge is 2.47. The predicted octanol–water partition coefficient (Wildman–Crippen LogP) is 0.104. The van der Waals surface area contributed by atoms with Gasteiger partial charge in [0.1, 0.15) is 0 Å². The molecule has 0 aromatic rings. The van der Waals surface area contributed by atoms with Crippen molar-refractivity contribution in [2.45, 2.75) is 31.4 Å². The Morgan fingerprint density at radius 1 is 1.33 bits per heavy atom. The Balaban J connectivity index is 2.02. The summed E-state index contributed by atoms with van der Waals surface area (Å²) in [5.74, 6) is 1.41. The Morgan fingerprint density at radius 3 is 2.78 bits per heavy atom. The van der Waals surface area contributed by atoms with Gasteiger partial charge >= 0.3 is 0 Å². The highest BCUT2D eigenvalue weighted by atomic mass is 16.3. The molecule has 0 spiro atoms. The fourth-order valence-corrected chi connectivity index (χ4v) is 1.92.